The van der Waals surface area contributed by atoms with E-state index in [2.05, 4.69) is 15.2 Å². The van der Waals surface area contributed by atoms with E-state index in [1.165, 1.54) is 4.31 Å². The van der Waals surface area contributed by atoms with E-state index in [4.69, 9.17) is 0 Å². The Balaban J connectivity index is 1.32. The van der Waals surface area contributed by atoms with E-state index in [1.807, 2.05) is 36.6 Å². The number of piperazine rings is 1. The maximum Gasteiger partial charge on any atom is 0.274 e. The van der Waals surface area contributed by atoms with Crippen molar-refractivity contribution in [3.05, 3.63) is 65.3 Å². The molecular weight excluding hydrogens is 446 g/mol. The maximum atomic E-state index is 13.3. The number of nitrogens with zero attached hydrogens (tertiary/aromatic N) is 4. The standard InChI is InChI=1S/C22H21N5O3S2/c1-15-12-16-4-2-6-20(21(16)23-14-15)32(29,30)27-9-7-26(8-10-27)22(28)18-13-17(24-25-18)19-5-3-11-31-19/h2-6,11-14H,7-10H2,1H3,(H,24,25). The number of nitrogens with one attached hydrogen (secondary N) is 1. The molecule has 1 amide bonds. The summed E-state index contributed by atoms with van der Waals surface area (Å²) in [4.78, 5) is 20.1. The van der Waals surface area contributed by atoms with Crippen molar-refractivity contribution in [2.45, 2.75) is 11.8 Å². The van der Waals surface area contributed by atoms with Crippen LogP contribution < -0.4 is 0 Å². The predicted octanol–water partition coefficient (Wildman–Crippen LogP) is 3.14. The van der Waals surface area contributed by atoms with Crippen LogP contribution in [0, 0.1) is 6.92 Å². The minimum absolute atomic E-state index is 0.197. The summed E-state index contributed by atoms with van der Waals surface area (Å²) in [6, 6.07) is 12.7. The molecule has 0 radical (unpaired) electrons. The summed E-state index contributed by atoms with van der Waals surface area (Å²) in [5.41, 5.74) is 2.57. The Kier molecular flexibility index (Phi) is 5.28. The number of aryl methyl sites for hydroxylation is 1. The number of benzene rings is 1. The fourth-order valence-corrected chi connectivity index (χ4v) is 6.15. The number of pyridine rings is 1. The van der Waals surface area contributed by atoms with Gasteiger partial charge in [-0.25, -0.2) is 8.42 Å². The van der Waals surface area contributed by atoms with Gasteiger partial charge in [-0.15, -0.1) is 11.3 Å². The lowest BCUT2D eigenvalue weighted by Gasteiger charge is -2.33. The molecule has 1 aliphatic rings. The van der Waals surface area contributed by atoms with Crippen LogP contribution >= 0.6 is 11.3 Å². The second-order valence-electron chi connectivity index (χ2n) is 7.68. The minimum atomic E-state index is -3.73. The highest BCUT2D eigenvalue weighted by Crippen LogP contribution is 2.26. The molecule has 4 aromatic rings. The van der Waals surface area contributed by atoms with E-state index in [-0.39, 0.29) is 23.9 Å². The van der Waals surface area contributed by atoms with Crippen molar-refractivity contribution < 1.29 is 13.2 Å². The lowest BCUT2D eigenvalue weighted by atomic mass is 10.2. The van der Waals surface area contributed by atoms with Crippen LogP contribution in [-0.4, -0.2) is 64.9 Å². The SMILES string of the molecule is Cc1cnc2c(S(=O)(=O)N3CCN(C(=O)c4cc(-c5cccs5)[nH]n4)CC3)cccc2c1. The van der Waals surface area contributed by atoms with E-state index < -0.39 is 10.0 Å². The number of thiophene rings is 1. The number of carbonyl (C=O) groups is 1. The van der Waals surface area contributed by atoms with Crippen molar-refractivity contribution in [2.24, 2.45) is 0 Å². The molecule has 1 fully saturated rings. The Hall–Kier alpha value is -3.08. The molecule has 0 spiro atoms. The van der Waals surface area contributed by atoms with Crippen molar-refractivity contribution >= 4 is 38.2 Å². The van der Waals surface area contributed by atoms with Gasteiger partial charge in [0.15, 0.2) is 5.69 Å². The summed E-state index contributed by atoms with van der Waals surface area (Å²) in [5, 5.41) is 9.81. The largest absolute Gasteiger partial charge is 0.335 e. The first-order valence-electron chi connectivity index (χ1n) is 10.2. The van der Waals surface area contributed by atoms with Crippen LogP contribution in [-0.2, 0) is 10.0 Å². The van der Waals surface area contributed by atoms with Gasteiger partial charge >= 0.3 is 0 Å². The van der Waals surface area contributed by atoms with Crippen molar-refractivity contribution in [2.75, 3.05) is 26.2 Å². The second kappa shape index (κ2) is 8.12. The Morgan fingerprint density at radius 2 is 1.91 bits per heavy atom. The van der Waals surface area contributed by atoms with E-state index in [1.54, 1.807) is 40.6 Å². The maximum absolute atomic E-state index is 13.3. The van der Waals surface area contributed by atoms with Gasteiger partial charge in [-0.05, 0) is 42.1 Å². The van der Waals surface area contributed by atoms with Gasteiger partial charge in [-0.3, -0.25) is 14.9 Å². The zero-order valence-corrected chi connectivity index (χ0v) is 19.0. The number of hydrogen-bond donors (Lipinski definition) is 1. The van der Waals surface area contributed by atoms with Gasteiger partial charge < -0.3 is 4.90 Å². The highest BCUT2D eigenvalue weighted by molar-refractivity contribution is 7.89. The molecular formula is C22H21N5O3S2. The monoisotopic (exact) mass is 467 g/mol. The third kappa shape index (κ3) is 3.70. The number of para-hydroxylation sites is 1. The molecule has 1 saturated heterocycles. The normalized spacial score (nSPS) is 15.3. The fraction of sp³-hybridized carbons (Fsp3) is 0.227. The van der Waals surface area contributed by atoms with Gasteiger partial charge in [0.2, 0.25) is 10.0 Å². The summed E-state index contributed by atoms with van der Waals surface area (Å²) in [6.45, 7) is 2.97. The summed E-state index contributed by atoms with van der Waals surface area (Å²) in [5.74, 6) is -0.205. The van der Waals surface area contributed by atoms with E-state index in [0.29, 0.717) is 24.3 Å². The second-order valence-corrected chi connectivity index (χ2v) is 10.5. The molecule has 5 rings (SSSR count). The van der Waals surface area contributed by atoms with Crippen molar-refractivity contribution in [1.29, 1.82) is 0 Å². The first-order chi connectivity index (χ1) is 15.4. The van der Waals surface area contributed by atoms with Crippen LogP contribution in [0.25, 0.3) is 21.5 Å². The molecule has 32 heavy (non-hydrogen) atoms. The number of aromatic amines is 1. The number of amides is 1. The van der Waals surface area contributed by atoms with Crippen molar-refractivity contribution in [3.8, 4) is 10.6 Å². The van der Waals surface area contributed by atoms with Gasteiger partial charge in [0.1, 0.15) is 4.90 Å². The molecule has 0 saturated carbocycles. The smallest absolute Gasteiger partial charge is 0.274 e. The minimum Gasteiger partial charge on any atom is -0.335 e. The number of rotatable bonds is 4. The van der Waals surface area contributed by atoms with Crippen LogP contribution in [0.15, 0.2) is 58.9 Å². The molecule has 0 aliphatic carbocycles. The lowest BCUT2D eigenvalue weighted by Crippen LogP contribution is -2.50. The van der Waals surface area contributed by atoms with Crippen LogP contribution in [0.4, 0.5) is 0 Å². The number of aromatic nitrogens is 3. The first-order valence-corrected chi connectivity index (χ1v) is 12.5. The number of H-pyrrole nitrogens is 1. The Labute approximate surface area is 189 Å². The van der Waals surface area contributed by atoms with Crippen molar-refractivity contribution in [3.63, 3.8) is 0 Å². The highest BCUT2D eigenvalue weighted by atomic mass is 32.2. The molecule has 1 aliphatic heterocycles. The fourth-order valence-electron chi connectivity index (χ4n) is 3.87. The molecule has 3 aromatic heterocycles. The molecule has 4 heterocycles. The number of carbonyl (C=O) groups excluding carboxylic acids is 1. The molecule has 164 valence electrons. The molecule has 0 bridgehead atoms. The molecule has 0 unspecified atom stereocenters. The summed E-state index contributed by atoms with van der Waals surface area (Å²) < 4.78 is 28.1. The molecule has 8 nitrogen and oxygen atoms in total. The van der Waals surface area contributed by atoms with Gasteiger partial charge in [0, 0.05) is 37.8 Å². The van der Waals surface area contributed by atoms with Crippen LogP contribution in [0.1, 0.15) is 16.1 Å². The molecule has 10 heteroatoms. The molecule has 1 N–H and O–H groups in total. The zero-order valence-electron chi connectivity index (χ0n) is 17.4. The molecule has 0 atom stereocenters. The average molecular weight is 468 g/mol. The average Bonchev–Trinajstić information content (AvgIpc) is 3.50. The summed E-state index contributed by atoms with van der Waals surface area (Å²) in [6.07, 6.45) is 1.67. The van der Waals surface area contributed by atoms with Gasteiger partial charge in [-0.1, -0.05) is 18.2 Å². The van der Waals surface area contributed by atoms with Gasteiger partial charge in [0.05, 0.1) is 16.1 Å². The number of fused-ring (bicyclic) bond motifs is 1. The lowest BCUT2D eigenvalue weighted by molar-refractivity contribution is 0.0692. The van der Waals surface area contributed by atoms with Crippen LogP contribution in [0.3, 0.4) is 0 Å². The quantitative estimate of drug-likeness (QED) is 0.497. The van der Waals surface area contributed by atoms with E-state index in [0.717, 1.165) is 21.5 Å². The van der Waals surface area contributed by atoms with Crippen LogP contribution in [0.2, 0.25) is 0 Å². The van der Waals surface area contributed by atoms with Gasteiger partial charge in [-0.2, -0.15) is 9.40 Å². The molecule has 1 aromatic carbocycles. The zero-order chi connectivity index (χ0) is 22.3. The predicted molar refractivity (Wildman–Crippen MR) is 123 cm³/mol. The first kappa shape index (κ1) is 20.8. The Morgan fingerprint density at radius 1 is 1.09 bits per heavy atom. The van der Waals surface area contributed by atoms with Crippen LogP contribution in [0.5, 0.6) is 0 Å². The number of hydrogen-bond acceptors (Lipinski definition) is 6. The van der Waals surface area contributed by atoms with Gasteiger partial charge in [0.25, 0.3) is 5.91 Å². The highest BCUT2D eigenvalue weighted by Gasteiger charge is 2.32. The van der Waals surface area contributed by atoms with E-state index in [9.17, 15) is 13.2 Å². The Bertz CT molecular complexity index is 1390. The van der Waals surface area contributed by atoms with E-state index >= 15 is 0 Å². The third-order valence-corrected chi connectivity index (χ3v) is 8.37. The third-order valence-electron chi connectivity index (χ3n) is 5.54. The Morgan fingerprint density at radius 3 is 2.66 bits per heavy atom. The summed E-state index contributed by atoms with van der Waals surface area (Å²) in [7, 11) is -3.73. The summed E-state index contributed by atoms with van der Waals surface area (Å²) >= 11 is 1.56. The topological polar surface area (TPSA) is 99.3 Å². The van der Waals surface area contributed by atoms with Crippen molar-refractivity contribution in [1.82, 2.24) is 24.4 Å². The number of sulfonamides is 1.